The molecule has 0 fully saturated rings. The molecule has 1 aliphatic rings. The third kappa shape index (κ3) is 1.53. The van der Waals surface area contributed by atoms with Crippen LogP contribution in [0.4, 0.5) is 0 Å². The molecule has 0 radical (unpaired) electrons. The Morgan fingerprint density at radius 1 is 1.75 bits per heavy atom. The molecular weight excluding hydrogens is 189 g/mol. The van der Waals surface area contributed by atoms with E-state index >= 15 is 0 Å². The first-order chi connectivity index (χ1) is 3.79. The maximum Gasteiger partial charge on any atom is 0.0647 e. The van der Waals surface area contributed by atoms with Crippen LogP contribution >= 0.6 is 27.7 Å². The standard InChI is InChI=1S/C5H5BrClN/c6-8-3-1-2-5(7)4-8/h1-3H,4H2. The Hall–Kier alpha value is 0.0500. The highest BCUT2D eigenvalue weighted by Crippen LogP contribution is 2.13. The van der Waals surface area contributed by atoms with E-state index in [0.29, 0.717) is 0 Å². The summed E-state index contributed by atoms with van der Waals surface area (Å²) in [7, 11) is 0. The highest BCUT2D eigenvalue weighted by atomic mass is 79.9. The van der Waals surface area contributed by atoms with Crippen molar-refractivity contribution < 1.29 is 0 Å². The molecule has 1 aliphatic heterocycles. The van der Waals surface area contributed by atoms with E-state index in [1.165, 1.54) is 0 Å². The first-order valence-electron chi connectivity index (χ1n) is 2.24. The molecule has 0 bridgehead atoms. The van der Waals surface area contributed by atoms with Gasteiger partial charge in [-0.05, 0) is 12.2 Å². The quantitative estimate of drug-likeness (QED) is 0.535. The summed E-state index contributed by atoms with van der Waals surface area (Å²) in [6, 6.07) is 0. The summed E-state index contributed by atoms with van der Waals surface area (Å²) in [6.45, 7) is 0.762. The molecule has 0 aromatic carbocycles. The van der Waals surface area contributed by atoms with Gasteiger partial charge in [0.15, 0.2) is 0 Å². The lowest BCUT2D eigenvalue weighted by atomic mass is 10.4. The van der Waals surface area contributed by atoms with Gasteiger partial charge in [-0.25, -0.2) is 0 Å². The zero-order valence-electron chi connectivity index (χ0n) is 4.14. The van der Waals surface area contributed by atoms with Crippen LogP contribution in [-0.2, 0) is 0 Å². The van der Waals surface area contributed by atoms with Crippen molar-refractivity contribution in [2.45, 2.75) is 0 Å². The average molecular weight is 194 g/mol. The van der Waals surface area contributed by atoms with Crippen molar-refractivity contribution in [2.75, 3.05) is 6.54 Å². The van der Waals surface area contributed by atoms with Gasteiger partial charge in [-0.3, -0.25) is 0 Å². The largest absolute Gasteiger partial charge is 0.310 e. The minimum Gasteiger partial charge on any atom is -0.310 e. The normalized spacial score (nSPS) is 18.8. The van der Waals surface area contributed by atoms with E-state index < -0.39 is 0 Å². The van der Waals surface area contributed by atoms with Gasteiger partial charge < -0.3 is 3.93 Å². The zero-order chi connectivity index (χ0) is 5.98. The number of hydrogen-bond donors (Lipinski definition) is 0. The fourth-order valence-corrected chi connectivity index (χ4v) is 1.24. The number of allylic oxidation sites excluding steroid dienone is 2. The number of nitrogens with zero attached hydrogens (tertiary/aromatic N) is 1. The lowest BCUT2D eigenvalue weighted by Gasteiger charge is -2.12. The van der Waals surface area contributed by atoms with Crippen LogP contribution in [0.5, 0.6) is 0 Å². The van der Waals surface area contributed by atoms with Gasteiger partial charge in [-0.2, -0.15) is 0 Å². The smallest absolute Gasteiger partial charge is 0.0647 e. The summed E-state index contributed by atoms with van der Waals surface area (Å²) < 4.78 is 1.84. The van der Waals surface area contributed by atoms with Crippen molar-refractivity contribution in [1.29, 1.82) is 0 Å². The van der Waals surface area contributed by atoms with Crippen LogP contribution in [0.1, 0.15) is 0 Å². The topological polar surface area (TPSA) is 3.24 Å². The summed E-state index contributed by atoms with van der Waals surface area (Å²) in [5.41, 5.74) is 0. The van der Waals surface area contributed by atoms with E-state index in [1.807, 2.05) is 22.3 Å². The minimum absolute atomic E-state index is 0.762. The lowest BCUT2D eigenvalue weighted by Crippen LogP contribution is -2.07. The SMILES string of the molecule is ClC1=CC=CN(Br)C1. The first-order valence-corrected chi connectivity index (χ1v) is 3.33. The van der Waals surface area contributed by atoms with E-state index in [4.69, 9.17) is 11.6 Å². The van der Waals surface area contributed by atoms with Crippen molar-refractivity contribution in [3.8, 4) is 0 Å². The molecule has 0 amide bonds. The number of rotatable bonds is 0. The molecule has 1 rings (SSSR count). The van der Waals surface area contributed by atoms with E-state index in [-0.39, 0.29) is 0 Å². The Morgan fingerprint density at radius 3 is 2.88 bits per heavy atom. The zero-order valence-corrected chi connectivity index (χ0v) is 6.48. The van der Waals surface area contributed by atoms with Gasteiger partial charge in [0.2, 0.25) is 0 Å². The molecule has 0 aromatic rings. The molecule has 0 atom stereocenters. The van der Waals surface area contributed by atoms with Crippen LogP contribution in [0.15, 0.2) is 23.4 Å². The summed E-state index contributed by atoms with van der Waals surface area (Å²) in [5, 5.41) is 0.851. The molecule has 0 aromatic heterocycles. The maximum atomic E-state index is 5.65. The molecule has 1 heterocycles. The number of halogens is 2. The second kappa shape index (κ2) is 2.55. The fourth-order valence-electron chi connectivity index (χ4n) is 0.491. The van der Waals surface area contributed by atoms with E-state index in [2.05, 4.69) is 16.1 Å². The summed E-state index contributed by atoms with van der Waals surface area (Å²) in [6.07, 6.45) is 5.67. The second-order valence-electron chi connectivity index (χ2n) is 1.51. The molecule has 0 N–H and O–H groups in total. The Labute approximate surface area is 62.0 Å². The molecule has 0 saturated heterocycles. The number of hydrogen-bond acceptors (Lipinski definition) is 1. The van der Waals surface area contributed by atoms with Crippen molar-refractivity contribution in [2.24, 2.45) is 0 Å². The van der Waals surface area contributed by atoms with Crippen LogP contribution < -0.4 is 0 Å². The molecule has 3 heteroatoms. The molecule has 1 nitrogen and oxygen atoms in total. The Bertz CT molecular complexity index is 141. The van der Waals surface area contributed by atoms with Crippen LogP contribution in [0, 0.1) is 0 Å². The van der Waals surface area contributed by atoms with Gasteiger partial charge in [0.25, 0.3) is 0 Å². The van der Waals surface area contributed by atoms with Gasteiger partial charge >= 0.3 is 0 Å². The summed E-state index contributed by atoms with van der Waals surface area (Å²) >= 11 is 8.90. The van der Waals surface area contributed by atoms with Gasteiger partial charge in [0.05, 0.1) is 6.54 Å². The van der Waals surface area contributed by atoms with Crippen LogP contribution in [0.2, 0.25) is 0 Å². The van der Waals surface area contributed by atoms with Crippen LogP contribution in [0.3, 0.4) is 0 Å². The first kappa shape index (κ1) is 6.17. The fraction of sp³-hybridized carbons (Fsp3) is 0.200. The second-order valence-corrected chi connectivity index (χ2v) is 2.91. The van der Waals surface area contributed by atoms with Gasteiger partial charge in [0, 0.05) is 27.4 Å². The van der Waals surface area contributed by atoms with Gasteiger partial charge in [0.1, 0.15) is 0 Å². The third-order valence-corrected chi connectivity index (χ3v) is 1.56. The van der Waals surface area contributed by atoms with E-state index in [0.717, 1.165) is 11.6 Å². The van der Waals surface area contributed by atoms with Crippen LogP contribution in [0.25, 0.3) is 0 Å². The Kier molecular flexibility index (Phi) is 1.97. The lowest BCUT2D eigenvalue weighted by molar-refractivity contribution is 0.706. The van der Waals surface area contributed by atoms with Crippen molar-refractivity contribution >= 4 is 27.7 Å². The van der Waals surface area contributed by atoms with Crippen LogP contribution in [-0.4, -0.2) is 10.5 Å². The molecule has 0 saturated carbocycles. The minimum atomic E-state index is 0.762. The molecule has 44 valence electrons. The van der Waals surface area contributed by atoms with Gasteiger partial charge in [-0.1, -0.05) is 11.6 Å². The van der Waals surface area contributed by atoms with Crippen molar-refractivity contribution in [3.05, 3.63) is 23.4 Å². The highest BCUT2D eigenvalue weighted by Gasteiger charge is 1.99. The van der Waals surface area contributed by atoms with Crippen molar-refractivity contribution in [3.63, 3.8) is 0 Å². The maximum absolute atomic E-state index is 5.65. The van der Waals surface area contributed by atoms with E-state index in [1.54, 1.807) is 0 Å². The van der Waals surface area contributed by atoms with Gasteiger partial charge in [-0.15, -0.1) is 0 Å². The summed E-state index contributed by atoms with van der Waals surface area (Å²) in [5.74, 6) is 0. The third-order valence-electron chi connectivity index (χ3n) is 0.827. The van der Waals surface area contributed by atoms with E-state index in [9.17, 15) is 0 Å². The highest BCUT2D eigenvalue weighted by molar-refractivity contribution is 9.07. The van der Waals surface area contributed by atoms with Crippen molar-refractivity contribution in [1.82, 2.24) is 3.93 Å². The summed E-state index contributed by atoms with van der Waals surface area (Å²) in [4.78, 5) is 0. The Morgan fingerprint density at radius 2 is 2.50 bits per heavy atom. The molecule has 0 unspecified atom stereocenters. The average Bonchev–Trinajstić information content (AvgIpc) is 1.64. The molecular formula is C5H5BrClN. The predicted molar refractivity (Wildman–Crippen MR) is 38.7 cm³/mol. The Balaban J connectivity index is 2.59. The predicted octanol–water partition coefficient (Wildman–Crippen LogP) is 2.25. The monoisotopic (exact) mass is 193 g/mol. The molecule has 0 aliphatic carbocycles. The molecule has 8 heavy (non-hydrogen) atoms. The molecule has 0 spiro atoms.